The van der Waals surface area contributed by atoms with Gasteiger partial charge in [-0.1, -0.05) is 6.92 Å². The average Bonchev–Trinajstić information content (AvgIpc) is 2.22. The molecule has 5 heteroatoms. The maximum atomic E-state index is 11.0. The summed E-state index contributed by atoms with van der Waals surface area (Å²) in [6, 6.07) is -0.524. The Bertz CT molecular complexity index is 246. The second-order valence-electron chi connectivity index (χ2n) is 4.35. The van der Waals surface area contributed by atoms with Crippen molar-refractivity contribution in [2.75, 3.05) is 6.61 Å². The summed E-state index contributed by atoms with van der Waals surface area (Å²) in [5.41, 5.74) is 0. The van der Waals surface area contributed by atoms with Gasteiger partial charge in [0.15, 0.2) is 0 Å². The zero-order valence-electron chi connectivity index (χ0n) is 10.0. The third kappa shape index (κ3) is 2.72. The second-order valence-corrected chi connectivity index (χ2v) is 4.35. The van der Waals surface area contributed by atoms with Gasteiger partial charge in [-0.05, 0) is 13.3 Å². The first-order valence-corrected chi connectivity index (χ1v) is 5.72. The number of ether oxygens (including phenoxy) is 1. The summed E-state index contributed by atoms with van der Waals surface area (Å²) in [5, 5.41) is 22.0. The topological polar surface area (TPSA) is 78.8 Å². The fraction of sp³-hybridized carbons (Fsp3) is 0.909. The SMILES string of the molecule is CC[C@@H]1C(C)O[C@@H](CO)C(NC(C)=O)[C@@H]1O. The molecule has 94 valence electrons. The van der Waals surface area contributed by atoms with Gasteiger partial charge in [-0.25, -0.2) is 0 Å². The van der Waals surface area contributed by atoms with Gasteiger partial charge in [0, 0.05) is 12.8 Å². The largest absolute Gasteiger partial charge is 0.394 e. The van der Waals surface area contributed by atoms with E-state index in [0.29, 0.717) is 0 Å². The number of aliphatic hydroxyl groups is 2. The lowest BCUT2D eigenvalue weighted by Crippen LogP contribution is -2.61. The van der Waals surface area contributed by atoms with E-state index in [9.17, 15) is 15.0 Å². The molecule has 0 bridgehead atoms. The van der Waals surface area contributed by atoms with E-state index in [4.69, 9.17) is 4.74 Å². The van der Waals surface area contributed by atoms with Crippen LogP contribution in [-0.2, 0) is 9.53 Å². The summed E-state index contributed by atoms with van der Waals surface area (Å²) in [6.07, 6.45) is -0.537. The number of hydrogen-bond acceptors (Lipinski definition) is 4. The van der Waals surface area contributed by atoms with Crippen LogP contribution in [0.1, 0.15) is 27.2 Å². The highest BCUT2D eigenvalue weighted by molar-refractivity contribution is 5.73. The highest BCUT2D eigenvalue weighted by Crippen LogP contribution is 2.28. The van der Waals surface area contributed by atoms with Gasteiger partial charge in [-0.3, -0.25) is 4.79 Å². The first-order valence-electron chi connectivity index (χ1n) is 5.72. The summed E-state index contributed by atoms with van der Waals surface area (Å²) in [6.45, 7) is 5.03. The molecular formula is C11H21NO4. The van der Waals surface area contributed by atoms with E-state index < -0.39 is 18.2 Å². The van der Waals surface area contributed by atoms with Crippen molar-refractivity contribution in [3.8, 4) is 0 Å². The number of amides is 1. The Morgan fingerprint density at radius 2 is 2.12 bits per heavy atom. The molecule has 0 aromatic rings. The quantitative estimate of drug-likeness (QED) is 0.621. The molecule has 5 atom stereocenters. The summed E-state index contributed by atoms with van der Waals surface area (Å²) in [4.78, 5) is 11.0. The highest BCUT2D eigenvalue weighted by atomic mass is 16.5. The Labute approximate surface area is 95.8 Å². The smallest absolute Gasteiger partial charge is 0.217 e. The predicted octanol–water partition coefficient (Wildman–Crippen LogP) is -0.342. The van der Waals surface area contributed by atoms with E-state index in [1.54, 1.807) is 0 Å². The van der Waals surface area contributed by atoms with Crippen LogP contribution < -0.4 is 5.32 Å². The van der Waals surface area contributed by atoms with Gasteiger partial charge in [-0.2, -0.15) is 0 Å². The van der Waals surface area contributed by atoms with E-state index >= 15 is 0 Å². The molecule has 1 amide bonds. The first-order chi connectivity index (χ1) is 7.51. The minimum Gasteiger partial charge on any atom is -0.394 e. The monoisotopic (exact) mass is 231 g/mol. The highest BCUT2D eigenvalue weighted by Gasteiger charge is 2.42. The van der Waals surface area contributed by atoms with Crippen LogP contribution in [0.4, 0.5) is 0 Å². The van der Waals surface area contributed by atoms with Gasteiger partial charge in [0.1, 0.15) is 6.10 Å². The lowest BCUT2D eigenvalue weighted by atomic mass is 9.84. The number of aliphatic hydroxyl groups excluding tert-OH is 2. The van der Waals surface area contributed by atoms with E-state index in [0.717, 1.165) is 6.42 Å². The molecule has 3 N–H and O–H groups in total. The molecule has 1 fully saturated rings. The molecule has 0 aliphatic carbocycles. The predicted molar refractivity (Wildman–Crippen MR) is 58.8 cm³/mol. The van der Waals surface area contributed by atoms with Gasteiger partial charge in [0.2, 0.25) is 5.91 Å². The van der Waals surface area contributed by atoms with Crippen molar-refractivity contribution in [3.05, 3.63) is 0 Å². The Morgan fingerprint density at radius 3 is 2.56 bits per heavy atom. The van der Waals surface area contributed by atoms with Crippen LogP contribution in [0, 0.1) is 5.92 Å². The van der Waals surface area contributed by atoms with E-state index in [1.165, 1.54) is 6.92 Å². The third-order valence-corrected chi connectivity index (χ3v) is 3.22. The maximum absolute atomic E-state index is 11.0. The molecule has 1 saturated heterocycles. The van der Waals surface area contributed by atoms with Crippen molar-refractivity contribution >= 4 is 5.91 Å². The summed E-state index contributed by atoms with van der Waals surface area (Å²) < 4.78 is 5.60. The standard InChI is InChI=1S/C11H21NO4/c1-4-8-6(2)16-9(5-13)10(11(8)15)12-7(3)14/h6,8-11,13,15H,4-5H2,1-3H3,(H,12,14)/t6?,8-,9+,10?,11-/m1/s1. The number of carbonyl (C=O) groups excluding carboxylic acids is 1. The normalized spacial score (nSPS) is 39.4. The first kappa shape index (κ1) is 13.4. The minimum atomic E-state index is -0.671. The Morgan fingerprint density at radius 1 is 1.50 bits per heavy atom. The molecule has 5 nitrogen and oxygen atoms in total. The van der Waals surface area contributed by atoms with Crippen LogP contribution in [0.25, 0.3) is 0 Å². The molecule has 2 unspecified atom stereocenters. The number of nitrogens with one attached hydrogen (secondary N) is 1. The molecule has 1 heterocycles. The zero-order chi connectivity index (χ0) is 12.3. The van der Waals surface area contributed by atoms with E-state index in [2.05, 4.69) is 5.32 Å². The molecule has 1 aliphatic heterocycles. The molecule has 0 aromatic carbocycles. The van der Waals surface area contributed by atoms with Crippen molar-refractivity contribution < 1.29 is 19.7 Å². The van der Waals surface area contributed by atoms with Gasteiger partial charge in [0.25, 0.3) is 0 Å². The number of rotatable bonds is 3. The molecule has 1 aliphatic rings. The number of carbonyl (C=O) groups is 1. The molecule has 0 spiro atoms. The molecule has 1 rings (SSSR count). The van der Waals surface area contributed by atoms with Crippen molar-refractivity contribution in [3.63, 3.8) is 0 Å². The second kappa shape index (κ2) is 5.61. The molecule has 0 radical (unpaired) electrons. The average molecular weight is 231 g/mol. The van der Waals surface area contributed by atoms with Crippen molar-refractivity contribution in [1.29, 1.82) is 0 Å². The molecular weight excluding hydrogens is 210 g/mol. The molecule has 16 heavy (non-hydrogen) atoms. The van der Waals surface area contributed by atoms with E-state index in [1.807, 2.05) is 13.8 Å². The molecule has 0 aromatic heterocycles. The summed E-state index contributed by atoms with van der Waals surface area (Å²) in [7, 11) is 0. The lowest BCUT2D eigenvalue weighted by Gasteiger charge is -2.43. The van der Waals surface area contributed by atoms with Gasteiger partial charge in [0.05, 0.1) is 24.9 Å². The van der Waals surface area contributed by atoms with Gasteiger partial charge in [-0.15, -0.1) is 0 Å². The third-order valence-electron chi connectivity index (χ3n) is 3.22. The van der Waals surface area contributed by atoms with Crippen molar-refractivity contribution in [2.24, 2.45) is 5.92 Å². The Kier molecular flexibility index (Phi) is 4.70. The van der Waals surface area contributed by atoms with Crippen molar-refractivity contribution in [1.82, 2.24) is 5.32 Å². The van der Waals surface area contributed by atoms with Crippen molar-refractivity contribution in [2.45, 2.75) is 51.5 Å². The Hall–Kier alpha value is -0.650. The van der Waals surface area contributed by atoms with Crippen LogP contribution in [0.5, 0.6) is 0 Å². The Balaban J connectivity index is 2.79. The summed E-state index contributed by atoms with van der Waals surface area (Å²) in [5.74, 6) is -0.241. The fourth-order valence-electron chi connectivity index (χ4n) is 2.37. The van der Waals surface area contributed by atoms with Crippen LogP contribution in [-0.4, -0.2) is 47.1 Å². The van der Waals surface area contributed by atoms with Crippen LogP contribution in [0.3, 0.4) is 0 Å². The minimum absolute atomic E-state index is 0.0142. The van der Waals surface area contributed by atoms with E-state index in [-0.39, 0.29) is 24.5 Å². The lowest BCUT2D eigenvalue weighted by molar-refractivity contribution is -0.164. The molecule has 0 saturated carbocycles. The van der Waals surface area contributed by atoms with Gasteiger partial charge >= 0.3 is 0 Å². The zero-order valence-corrected chi connectivity index (χ0v) is 10.0. The fourth-order valence-corrected chi connectivity index (χ4v) is 2.37. The van der Waals surface area contributed by atoms with Crippen LogP contribution in [0.2, 0.25) is 0 Å². The number of hydrogen-bond donors (Lipinski definition) is 3. The van der Waals surface area contributed by atoms with Crippen LogP contribution >= 0.6 is 0 Å². The maximum Gasteiger partial charge on any atom is 0.217 e. The summed E-state index contributed by atoms with van der Waals surface area (Å²) >= 11 is 0. The van der Waals surface area contributed by atoms with Crippen LogP contribution in [0.15, 0.2) is 0 Å². The van der Waals surface area contributed by atoms with Gasteiger partial charge < -0.3 is 20.3 Å².